The van der Waals surface area contributed by atoms with Crippen LogP contribution in [0.25, 0.3) is 0 Å². The molecule has 148 valence electrons. The molecule has 0 saturated heterocycles. The summed E-state index contributed by atoms with van der Waals surface area (Å²) in [5.74, 6) is 0.0354. The highest BCUT2D eigenvalue weighted by atomic mass is 32.2. The van der Waals surface area contributed by atoms with Crippen molar-refractivity contribution in [1.82, 2.24) is 15.0 Å². The van der Waals surface area contributed by atoms with E-state index in [1.807, 2.05) is 6.92 Å². The largest absolute Gasteiger partial charge is 0.379 e. The van der Waals surface area contributed by atoms with Crippen LogP contribution in [0.3, 0.4) is 0 Å². The summed E-state index contributed by atoms with van der Waals surface area (Å²) in [6, 6.07) is 3.26. The number of ether oxygens (including phenoxy) is 1. The maximum atomic E-state index is 12.6. The summed E-state index contributed by atoms with van der Waals surface area (Å²) < 4.78 is 30.6. The molecule has 3 rings (SSSR count). The average molecular weight is 408 g/mol. The smallest absolute Gasteiger partial charge is 0.281 e. The van der Waals surface area contributed by atoms with Gasteiger partial charge in [-0.1, -0.05) is 11.8 Å². The second-order valence-corrected chi connectivity index (χ2v) is 7.18. The third-order valence-corrected chi connectivity index (χ3v) is 5.16. The number of aromatic nitrogens is 3. The number of alkyl halides is 2. The van der Waals surface area contributed by atoms with Crippen LogP contribution in [0, 0.1) is 0 Å². The van der Waals surface area contributed by atoms with Crippen LogP contribution >= 0.6 is 11.8 Å². The first-order valence-electron chi connectivity index (χ1n) is 8.22. The van der Waals surface area contributed by atoms with Gasteiger partial charge < -0.3 is 15.8 Å². The number of anilines is 1. The van der Waals surface area contributed by atoms with E-state index in [4.69, 9.17) is 10.5 Å². The van der Waals surface area contributed by atoms with Gasteiger partial charge in [-0.15, -0.1) is 0 Å². The van der Waals surface area contributed by atoms with Gasteiger partial charge in [0.25, 0.3) is 12.3 Å². The number of amides is 1. The Morgan fingerprint density at radius 1 is 1.39 bits per heavy atom. The fraction of sp³-hybridized carbons (Fsp3) is 0.353. The second kappa shape index (κ2) is 8.15. The first kappa shape index (κ1) is 20.1. The molecule has 0 radical (unpaired) electrons. The first-order valence-corrected chi connectivity index (χ1v) is 9.21. The Bertz CT molecular complexity index is 895. The van der Waals surface area contributed by atoms with Crippen molar-refractivity contribution < 1.29 is 18.3 Å². The lowest BCUT2D eigenvalue weighted by Crippen LogP contribution is -2.43. The minimum Gasteiger partial charge on any atom is -0.379 e. The van der Waals surface area contributed by atoms with Crippen LogP contribution in [-0.4, -0.2) is 45.0 Å². The second-order valence-electron chi connectivity index (χ2n) is 6.14. The summed E-state index contributed by atoms with van der Waals surface area (Å²) in [7, 11) is 1.59. The number of carbonyl (C=O) groups is 1. The molecule has 11 heteroatoms. The van der Waals surface area contributed by atoms with Crippen molar-refractivity contribution in [1.29, 1.82) is 0 Å². The van der Waals surface area contributed by atoms with Crippen molar-refractivity contribution in [2.45, 2.75) is 25.0 Å². The van der Waals surface area contributed by atoms with E-state index in [1.54, 1.807) is 19.2 Å². The van der Waals surface area contributed by atoms with Crippen LogP contribution in [0.1, 0.15) is 35.2 Å². The summed E-state index contributed by atoms with van der Waals surface area (Å²) in [6.45, 7) is 1.86. The number of nitrogens with zero attached hydrogens (tertiary/aromatic N) is 4. The Morgan fingerprint density at radius 2 is 2.18 bits per heavy atom. The highest BCUT2D eigenvalue weighted by Gasteiger charge is 2.40. The van der Waals surface area contributed by atoms with Gasteiger partial charge in [0, 0.05) is 24.7 Å². The number of carbonyl (C=O) groups excluding carboxylic acids is 1. The minimum atomic E-state index is -2.75. The number of pyridine rings is 1. The number of thioether (sulfide) groups is 1. The number of rotatable bonds is 5. The zero-order valence-corrected chi connectivity index (χ0v) is 15.9. The zero-order chi connectivity index (χ0) is 20.3. The van der Waals surface area contributed by atoms with Crippen LogP contribution < -0.4 is 11.1 Å². The number of halogens is 2. The summed E-state index contributed by atoms with van der Waals surface area (Å²) in [6.07, 6.45) is 0.408. The number of nitrogens with two attached hydrogens (primary N) is 1. The average Bonchev–Trinajstić information content (AvgIpc) is 2.68. The van der Waals surface area contributed by atoms with Crippen molar-refractivity contribution >= 4 is 28.5 Å². The minimum absolute atomic E-state index is 0.0833. The Labute approximate surface area is 164 Å². The molecule has 0 aromatic carbocycles. The standard InChI is InChI=1S/C17H18F2N6O2S/c1-17(13(27-2)8-28-16(20)25-17)12-5-9(3-4-21-12)24-15(26)11-7-22-10(6-23-11)14(18)19/h3-7,13-14H,8H2,1-2H3,(H2,20,25)(H,21,24,26)/t13?,17-/m1/s1. The van der Waals surface area contributed by atoms with Crippen LogP contribution in [0.15, 0.2) is 35.7 Å². The highest BCUT2D eigenvalue weighted by Crippen LogP contribution is 2.36. The zero-order valence-electron chi connectivity index (χ0n) is 15.1. The summed E-state index contributed by atoms with van der Waals surface area (Å²) in [5, 5.41) is 3.08. The molecule has 1 unspecified atom stereocenters. The van der Waals surface area contributed by atoms with E-state index >= 15 is 0 Å². The third-order valence-electron chi connectivity index (χ3n) is 4.30. The van der Waals surface area contributed by atoms with Crippen LogP contribution in [0.5, 0.6) is 0 Å². The molecule has 1 aliphatic rings. The highest BCUT2D eigenvalue weighted by molar-refractivity contribution is 8.13. The Kier molecular flexibility index (Phi) is 5.84. The van der Waals surface area contributed by atoms with Crippen LogP contribution in [0.4, 0.5) is 14.5 Å². The number of nitrogens with one attached hydrogen (secondary N) is 1. The van der Waals surface area contributed by atoms with E-state index in [0.29, 0.717) is 22.3 Å². The van der Waals surface area contributed by atoms with Crippen molar-refractivity contribution in [3.8, 4) is 0 Å². The topological polar surface area (TPSA) is 115 Å². The SMILES string of the molecule is COC1CSC(N)=N[C@]1(C)c1cc(NC(=O)c2cnc(C(F)F)cn2)ccn1. The lowest BCUT2D eigenvalue weighted by molar-refractivity contribution is 0.0576. The van der Waals surface area contributed by atoms with Gasteiger partial charge in [-0.25, -0.2) is 18.8 Å². The fourth-order valence-electron chi connectivity index (χ4n) is 2.72. The van der Waals surface area contributed by atoms with Gasteiger partial charge in [0.05, 0.1) is 24.2 Å². The van der Waals surface area contributed by atoms with Gasteiger partial charge in [0.2, 0.25) is 0 Å². The van der Waals surface area contributed by atoms with E-state index in [9.17, 15) is 13.6 Å². The molecule has 2 aromatic rings. The monoisotopic (exact) mass is 408 g/mol. The van der Waals surface area contributed by atoms with Gasteiger partial charge >= 0.3 is 0 Å². The van der Waals surface area contributed by atoms with Gasteiger partial charge in [-0.3, -0.25) is 14.8 Å². The molecule has 0 fully saturated rings. The number of aliphatic imine (C=N–C) groups is 1. The van der Waals surface area contributed by atoms with Crippen molar-refractivity contribution in [3.63, 3.8) is 0 Å². The van der Waals surface area contributed by atoms with Gasteiger partial charge in [-0.05, 0) is 19.1 Å². The predicted molar refractivity (Wildman–Crippen MR) is 101 cm³/mol. The summed E-state index contributed by atoms with van der Waals surface area (Å²) in [4.78, 5) is 28.5. The lowest BCUT2D eigenvalue weighted by atomic mass is 9.91. The van der Waals surface area contributed by atoms with Gasteiger partial charge in [-0.2, -0.15) is 0 Å². The molecular weight excluding hydrogens is 390 g/mol. The Morgan fingerprint density at radius 3 is 2.82 bits per heavy atom. The maximum Gasteiger partial charge on any atom is 0.281 e. The first-order chi connectivity index (χ1) is 13.3. The quantitative estimate of drug-likeness (QED) is 0.780. The molecule has 1 amide bonds. The Hall–Kier alpha value is -2.66. The number of hydrogen-bond donors (Lipinski definition) is 2. The predicted octanol–water partition coefficient (Wildman–Crippen LogP) is 2.35. The molecule has 0 aliphatic carbocycles. The molecule has 3 heterocycles. The molecule has 1 aliphatic heterocycles. The molecule has 3 N–H and O–H groups in total. The summed E-state index contributed by atoms with van der Waals surface area (Å²) in [5.41, 5.74) is 5.50. The normalized spacial score (nSPS) is 22.0. The fourth-order valence-corrected chi connectivity index (χ4v) is 3.76. The number of amidine groups is 1. The molecule has 8 nitrogen and oxygen atoms in total. The lowest BCUT2D eigenvalue weighted by Gasteiger charge is -2.36. The van der Waals surface area contributed by atoms with Crippen molar-refractivity contribution in [2.24, 2.45) is 10.7 Å². The van der Waals surface area contributed by atoms with E-state index in [0.717, 1.165) is 12.4 Å². The van der Waals surface area contributed by atoms with Gasteiger partial charge in [0.1, 0.15) is 16.9 Å². The van der Waals surface area contributed by atoms with Crippen molar-refractivity contribution in [3.05, 3.63) is 47.8 Å². The Balaban J connectivity index is 1.83. The molecule has 28 heavy (non-hydrogen) atoms. The number of hydrogen-bond acceptors (Lipinski definition) is 8. The van der Waals surface area contributed by atoms with Crippen LogP contribution in [0.2, 0.25) is 0 Å². The molecular formula is C17H18F2N6O2S. The van der Waals surface area contributed by atoms with Crippen molar-refractivity contribution in [2.75, 3.05) is 18.2 Å². The molecule has 2 aromatic heterocycles. The maximum absolute atomic E-state index is 12.6. The van der Waals surface area contributed by atoms with Crippen LogP contribution in [-0.2, 0) is 10.3 Å². The van der Waals surface area contributed by atoms with Gasteiger partial charge in [0.15, 0.2) is 5.17 Å². The van der Waals surface area contributed by atoms with E-state index < -0.39 is 23.6 Å². The number of methoxy groups -OCH3 is 1. The third kappa shape index (κ3) is 4.09. The molecule has 0 bridgehead atoms. The van der Waals surface area contributed by atoms with E-state index in [-0.39, 0.29) is 11.8 Å². The van der Waals surface area contributed by atoms with E-state index in [1.165, 1.54) is 18.0 Å². The molecule has 0 spiro atoms. The molecule has 2 atom stereocenters. The van der Waals surface area contributed by atoms with E-state index in [2.05, 4.69) is 25.3 Å². The molecule has 0 saturated carbocycles. The summed E-state index contributed by atoms with van der Waals surface area (Å²) >= 11 is 1.40.